The van der Waals surface area contributed by atoms with E-state index in [0.717, 1.165) is 68.9 Å². The summed E-state index contributed by atoms with van der Waals surface area (Å²) < 4.78 is 22.2. The topological polar surface area (TPSA) is 97.8 Å². The van der Waals surface area contributed by atoms with Crippen LogP contribution in [0.1, 0.15) is 69.6 Å². The molecule has 2 amide bonds. The fourth-order valence-corrected chi connectivity index (χ4v) is 5.96. The number of carbonyl (C=O) groups excluding carboxylic acids is 2. The normalized spacial score (nSPS) is 20.2. The van der Waals surface area contributed by atoms with Gasteiger partial charge in [-0.25, -0.2) is 0 Å². The summed E-state index contributed by atoms with van der Waals surface area (Å²) >= 11 is 0. The average molecular weight is 581 g/mol. The number of ether oxygens (including phenoxy) is 4. The van der Waals surface area contributed by atoms with Gasteiger partial charge in [0.25, 0.3) is 0 Å². The third-order valence-corrected chi connectivity index (χ3v) is 8.84. The predicted molar refractivity (Wildman–Crippen MR) is 158 cm³/mol. The molecule has 4 heterocycles. The molecule has 9 nitrogen and oxygen atoms in total. The molecule has 0 spiro atoms. The highest BCUT2D eigenvalue weighted by Crippen LogP contribution is 2.36. The van der Waals surface area contributed by atoms with E-state index in [0.29, 0.717) is 43.5 Å². The number of nitrogens with zero attached hydrogens (tertiary/aromatic N) is 2. The summed E-state index contributed by atoms with van der Waals surface area (Å²) in [4.78, 5) is 28.7. The molecular weight excluding hydrogens is 536 g/mol. The van der Waals surface area contributed by atoms with Crippen LogP contribution >= 0.6 is 0 Å². The van der Waals surface area contributed by atoms with Crippen molar-refractivity contribution in [2.75, 3.05) is 52.6 Å². The van der Waals surface area contributed by atoms with E-state index in [2.05, 4.69) is 6.92 Å². The number of aliphatic hydroxyl groups excluding tert-OH is 1. The summed E-state index contributed by atoms with van der Waals surface area (Å²) in [5, 5.41) is 10.5. The molecule has 0 aliphatic carbocycles. The van der Waals surface area contributed by atoms with Gasteiger partial charge in [-0.1, -0.05) is 32.9 Å². The van der Waals surface area contributed by atoms with Crippen LogP contribution in [0, 0.1) is 11.8 Å². The molecule has 2 saturated heterocycles. The molecule has 1 N–H and O–H groups in total. The molecule has 42 heavy (non-hydrogen) atoms. The van der Waals surface area contributed by atoms with E-state index in [4.69, 9.17) is 18.9 Å². The van der Waals surface area contributed by atoms with Crippen LogP contribution in [0.2, 0.25) is 0 Å². The number of amides is 2. The van der Waals surface area contributed by atoms with Crippen LogP contribution in [0.25, 0.3) is 0 Å². The van der Waals surface area contributed by atoms with E-state index >= 15 is 0 Å². The van der Waals surface area contributed by atoms with Crippen molar-refractivity contribution in [3.05, 3.63) is 47.5 Å². The average Bonchev–Trinajstić information content (AvgIpc) is 3.78. The van der Waals surface area contributed by atoms with Crippen molar-refractivity contribution in [1.29, 1.82) is 0 Å². The third kappa shape index (κ3) is 6.77. The fraction of sp³-hybridized carbons (Fsp3) is 0.576. The number of fused-ring (bicyclic) bond motifs is 2. The number of carbonyl (C=O) groups is 2. The van der Waals surface area contributed by atoms with Gasteiger partial charge in [0.15, 0.2) is 23.0 Å². The van der Waals surface area contributed by atoms with Gasteiger partial charge in [-0.3, -0.25) is 9.59 Å². The molecule has 2 aromatic carbocycles. The summed E-state index contributed by atoms with van der Waals surface area (Å²) in [5.74, 6) is 2.94. The molecule has 2 fully saturated rings. The van der Waals surface area contributed by atoms with E-state index in [1.54, 1.807) is 25.1 Å². The Bertz CT molecular complexity index is 1140. The van der Waals surface area contributed by atoms with Crippen molar-refractivity contribution in [1.82, 2.24) is 9.80 Å². The Morgan fingerprint density at radius 3 is 1.52 bits per heavy atom. The minimum absolute atomic E-state index is 0.00865. The van der Waals surface area contributed by atoms with Crippen LogP contribution in [0.4, 0.5) is 0 Å². The van der Waals surface area contributed by atoms with Gasteiger partial charge >= 0.3 is 0 Å². The molecule has 9 heteroatoms. The van der Waals surface area contributed by atoms with Gasteiger partial charge < -0.3 is 33.9 Å². The van der Waals surface area contributed by atoms with Crippen LogP contribution < -0.4 is 18.9 Å². The molecule has 4 aliphatic heterocycles. The second kappa shape index (κ2) is 13.7. The first-order valence-electron chi connectivity index (χ1n) is 15.4. The Kier molecular flexibility index (Phi) is 9.77. The maximum absolute atomic E-state index is 12.5. The highest BCUT2D eigenvalue weighted by Gasteiger charge is 2.30. The van der Waals surface area contributed by atoms with Crippen molar-refractivity contribution >= 4 is 11.8 Å². The highest BCUT2D eigenvalue weighted by molar-refractivity contribution is 5.80. The van der Waals surface area contributed by atoms with Gasteiger partial charge in [0.05, 0.1) is 12.0 Å². The van der Waals surface area contributed by atoms with Crippen molar-refractivity contribution in [3.63, 3.8) is 0 Å². The number of rotatable bonds is 6. The molecular formula is C33H44N2O7. The molecule has 4 atom stereocenters. The van der Waals surface area contributed by atoms with Gasteiger partial charge in [-0.05, 0) is 67.0 Å². The molecule has 0 bridgehead atoms. The number of hydrogen-bond acceptors (Lipinski definition) is 7. The first-order chi connectivity index (χ1) is 20.3. The zero-order chi connectivity index (χ0) is 29.6. The Morgan fingerprint density at radius 1 is 0.619 bits per heavy atom. The van der Waals surface area contributed by atoms with Crippen molar-refractivity contribution in [2.24, 2.45) is 11.8 Å². The molecule has 0 aromatic heterocycles. The number of likely N-dealkylation sites (tertiary alicyclic amines) is 2. The van der Waals surface area contributed by atoms with Crippen LogP contribution in [0.3, 0.4) is 0 Å². The summed E-state index contributed by atoms with van der Waals surface area (Å²) in [6.45, 7) is 11.6. The predicted octanol–water partition coefficient (Wildman–Crippen LogP) is 4.57. The number of hydrogen-bond donors (Lipinski definition) is 1. The molecule has 6 rings (SSSR count). The van der Waals surface area contributed by atoms with Crippen LogP contribution in [-0.2, 0) is 9.59 Å². The van der Waals surface area contributed by atoms with E-state index < -0.39 is 12.0 Å². The van der Waals surface area contributed by atoms with Gasteiger partial charge in [0.2, 0.25) is 11.8 Å². The summed E-state index contributed by atoms with van der Waals surface area (Å²) in [7, 11) is 0. The summed E-state index contributed by atoms with van der Waals surface area (Å²) in [6, 6.07) is 11.4. The monoisotopic (exact) mass is 580 g/mol. The zero-order valence-electron chi connectivity index (χ0n) is 25.0. The molecule has 0 saturated carbocycles. The maximum Gasteiger partial charge on any atom is 0.228 e. The minimum atomic E-state index is -0.825. The minimum Gasteiger partial charge on any atom is -0.486 e. The number of aliphatic hydroxyl groups is 1. The van der Waals surface area contributed by atoms with Crippen LogP contribution in [-0.4, -0.2) is 79.3 Å². The first kappa shape index (κ1) is 30.0. The Morgan fingerprint density at radius 2 is 1.02 bits per heavy atom. The van der Waals surface area contributed by atoms with E-state index in [1.165, 1.54) is 0 Å². The Balaban J connectivity index is 0.000000168. The molecule has 0 radical (unpaired) electrons. The van der Waals surface area contributed by atoms with Crippen molar-refractivity contribution < 1.29 is 33.6 Å². The molecule has 4 aliphatic rings. The lowest BCUT2D eigenvalue weighted by atomic mass is 9.87. The van der Waals surface area contributed by atoms with Gasteiger partial charge in [0, 0.05) is 32.1 Å². The molecule has 4 unspecified atom stereocenters. The summed E-state index contributed by atoms with van der Waals surface area (Å²) in [6.07, 6.45) is 3.55. The zero-order valence-corrected chi connectivity index (χ0v) is 25.0. The smallest absolute Gasteiger partial charge is 0.228 e. The second-order valence-electron chi connectivity index (χ2n) is 11.7. The van der Waals surface area contributed by atoms with Gasteiger partial charge in [-0.2, -0.15) is 0 Å². The molecule has 228 valence electrons. The largest absolute Gasteiger partial charge is 0.486 e. The first-order valence-corrected chi connectivity index (χ1v) is 15.4. The van der Waals surface area contributed by atoms with Gasteiger partial charge in [0.1, 0.15) is 26.4 Å². The quantitative estimate of drug-likeness (QED) is 0.535. The van der Waals surface area contributed by atoms with Crippen LogP contribution in [0.15, 0.2) is 36.4 Å². The van der Waals surface area contributed by atoms with Crippen molar-refractivity contribution in [3.8, 4) is 23.0 Å². The highest BCUT2D eigenvalue weighted by atomic mass is 16.6. The Labute approximate surface area is 248 Å². The van der Waals surface area contributed by atoms with E-state index in [-0.39, 0.29) is 23.7 Å². The summed E-state index contributed by atoms with van der Waals surface area (Å²) in [5.41, 5.74) is 1.83. The standard InChI is InChI=1S/C17H23NO3.C16H21NO4/c1-12(13(2)17(19)18-7-3-4-8-18)14-5-6-15-16(11-14)21-10-9-20-15;1-11(16(19)17-6-2-3-7-17)15(18)12-4-5-13-14(10-12)21-9-8-20-13/h5-6,11-13H,3-4,7-10H2,1-2H3;4-5,10-11,15,18H,2-3,6-9H2,1H3. The Hall–Kier alpha value is -3.46. The lowest BCUT2D eigenvalue weighted by Gasteiger charge is -2.26. The van der Waals surface area contributed by atoms with Crippen LogP contribution in [0.5, 0.6) is 23.0 Å². The SMILES string of the molecule is CC(C(=O)N1CCCC1)C(C)c1ccc2c(c1)OCCO2.CC(C(=O)N1CCCC1)C(O)c1ccc2c(c1)OCCO2. The fourth-order valence-electron chi connectivity index (χ4n) is 5.96. The van der Waals surface area contributed by atoms with Crippen molar-refractivity contribution in [2.45, 2.75) is 58.5 Å². The maximum atomic E-state index is 12.5. The second-order valence-corrected chi connectivity index (χ2v) is 11.7. The lowest BCUT2D eigenvalue weighted by Crippen LogP contribution is -2.35. The molecule has 2 aromatic rings. The van der Waals surface area contributed by atoms with E-state index in [1.807, 2.05) is 34.9 Å². The van der Waals surface area contributed by atoms with E-state index in [9.17, 15) is 14.7 Å². The number of benzene rings is 2. The van der Waals surface area contributed by atoms with Gasteiger partial charge in [-0.15, -0.1) is 0 Å². The third-order valence-electron chi connectivity index (χ3n) is 8.84. The lowest BCUT2D eigenvalue weighted by molar-refractivity contribution is -0.137.